The van der Waals surface area contributed by atoms with Crippen LogP contribution in [0.3, 0.4) is 0 Å². The highest BCUT2D eigenvalue weighted by Gasteiger charge is 2.23. The summed E-state index contributed by atoms with van der Waals surface area (Å²) in [5, 5.41) is 13.3. The lowest BCUT2D eigenvalue weighted by Crippen LogP contribution is -2.34. The van der Waals surface area contributed by atoms with Crippen LogP contribution in [-0.2, 0) is 6.54 Å². The molecule has 0 aromatic carbocycles. The van der Waals surface area contributed by atoms with E-state index < -0.39 is 6.10 Å². The predicted molar refractivity (Wildman–Crippen MR) is 83.7 cm³/mol. The number of β-amino-alcohol motifs (C(OH)–C–C–N with tert-alkyl or cyclic N) is 1. The molecule has 8 nitrogen and oxygen atoms in total. The van der Waals surface area contributed by atoms with Gasteiger partial charge in [0.15, 0.2) is 0 Å². The van der Waals surface area contributed by atoms with E-state index in [2.05, 4.69) is 30.2 Å². The maximum absolute atomic E-state index is 10.3. The Bertz CT molecular complexity index is 589. The van der Waals surface area contributed by atoms with Gasteiger partial charge in [-0.3, -0.25) is 4.90 Å². The highest BCUT2D eigenvalue weighted by Crippen LogP contribution is 2.14. The highest BCUT2D eigenvalue weighted by atomic mass is 16.3. The molecule has 0 amide bonds. The standard InChI is InChI=1S/C14H21N7O/c1-15-12-2-3-18-14(19-12)21-7-6-20(8-11(22)9-21)10-13-16-4-5-17-13/h2-5,11,22H,6-10H2,1H3,(H,16,17)(H,15,18,19)/t11-/m1/s1. The number of hydrogen-bond donors (Lipinski definition) is 3. The average Bonchev–Trinajstić information content (AvgIpc) is 2.96. The Hall–Kier alpha value is -2.19. The van der Waals surface area contributed by atoms with Gasteiger partial charge < -0.3 is 20.3 Å². The Kier molecular flexibility index (Phi) is 4.50. The van der Waals surface area contributed by atoms with Crippen LogP contribution in [0.25, 0.3) is 0 Å². The molecule has 3 heterocycles. The van der Waals surface area contributed by atoms with Crippen molar-refractivity contribution < 1.29 is 5.11 Å². The maximum Gasteiger partial charge on any atom is 0.227 e. The monoisotopic (exact) mass is 303 g/mol. The summed E-state index contributed by atoms with van der Waals surface area (Å²) in [4.78, 5) is 20.3. The molecule has 3 N–H and O–H groups in total. The summed E-state index contributed by atoms with van der Waals surface area (Å²) in [6, 6.07) is 1.82. The number of anilines is 2. The second-order valence-corrected chi connectivity index (χ2v) is 5.36. The number of aromatic amines is 1. The second kappa shape index (κ2) is 6.71. The Morgan fingerprint density at radius 1 is 1.32 bits per heavy atom. The number of H-pyrrole nitrogens is 1. The molecular weight excluding hydrogens is 282 g/mol. The van der Waals surface area contributed by atoms with Crippen LogP contribution in [0.15, 0.2) is 24.7 Å². The van der Waals surface area contributed by atoms with Crippen LogP contribution in [0.4, 0.5) is 11.8 Å². The fraction of sp³-hybridized carbons (Fsp3) is 0.500. The minimum atomic E-state index is -0.445. The second-order valence-electron chi connectivity index (χ2n) is 5.36. The van der Waals surface area contributed by atoms with Gasteiger partial charge in [0.2, 0.25) is 5.95 Å². The summed E-state index contributed by atoms with van der Waals surface area (Å²) >= 11 is 0. The Balaban J connectivity index is 1.68. The van der Waals surface area contributed by atoms with Crippen molar-refractivity contribution in [3.8, 4) is 0 Å². The Morgan fingerprint density at radius 2 is 2.23 bits per heavy atom. The molecule has 0 spiro atoms. The average molecular weight is 303 g/mol. The summed E-state index contributed by atoms with van der Waals surface area (Å²) in [5.41, 5.74) is 0. The molecule has 2 aromatic heterocycles. The van der Waals surface area contributed by atoms with Gasteiger partial charge in [-0.25, -0.2) is 9.97 Å². The number of aliphatic hydroxyl groups is 1. The summed E-state index contributed by atoms with van der Waals surface area (Å²) < 4.78 is 0. The number of aromatic nitrogens is 4. The number of nitrogens with zero attached hydrogens (tertiary/aromatic N) is 5. The van der Waals surface area contributed by atoms with Crippen molar-refractivity contribution in [1.29, 1.82) is 0 Å². The summed E-state index contributed by atoms with van der Waals surface area (Å²) in [7, 11) is 1.83. The van der Waals surface area contributed by atoms with Crippen molar-refractivity contribution >= 4 is 11.8 Å². The molecular formula is C14H21N7O. The molecule has 22 heavy (non-hydrogen) atoms. The van der Waals surface area contributed by atoms with Gasteiger partial charge in [0, 0.05) is 51.8 Å². The molecule has 0 bridgehead atoms. The molecule has 8 heteroatoms. The van der Waals surface area contributed by atoms with Gasteiger partial charge >= 0.3 is 0 Å². The molecule has 0 aliphatic carbocycles. The zero-order chi connectivity index (χ0) is 15.4. The summed E-state index contributed by atoms with van der Waals surface area (Å²) in [6.45, 7) is 3.44. The molecule has 0 radical (unpaired) electrons. The molecule has 1 atom stereocenters. The number of nitrogens with one attached hydrogen (secondary N) is 2. The summed E-state index contributed by atoms with van der Waals surface area (Å²) in [6.07, 6.45) is 4.84. The minimum absolute atomic E-state index is 0.445. The van der Waals surface area contributed by atoms with Crippen molar-refractivity contribution in [1.82, 2.24) is 24.8 Å². The maximum atomic E-state index is 10.3. The molecule has 118 valence electrons. The third-order valence-electron chi connectivity index (χ3n) is 3.70. The molecule has 1 fully saturated rings. The van der Waals surface area contributed by atoms with Gasteiger partial charge in [0.1, 0.15) is 11.6 Å². The molecule has 3 rings (SSSR count). The predicted octanol–water partition coefficient (Wildman–Crippen LogP) is -0.0755. The number of hydrogen-bond acceptors (Lipinski definition) is 7. The van der Waals surface area contributed by atoms with Crippen LogP contribution in [0, 0.1) is 0 Å². The van der Waals surface area contributed by atoms with Crippen LogP contribution in [-0.4, -0.2) is 69.3 Å². The first-order valence-electron chi connectivity index (χ1n) is 7.39. The van der Waals surface area contributed by atoms with Crippen LogP contribution in [0.2, 0.25) is 0 Å². The number of aliphatic hydroxyl groups excluding tert-OH is 1. The molecule has 1 saturated heterocycles. The number of rotatable bonds is 4. The van der Waals surface area contributed by atoms with E-state index in [-0.39, 0.29) is 0 Å². The molecule has 0 unspecified atom stereocenters. The van der Waals surface area contributed by atoms with E-state index in [0.29, 0.717) is 25.6 Å². The van der Waals surface area contributed by atoms with Gasteiger partial charge in [0.05, 0.1) is 12.6 Å². The smallest absolute Gasteiger partial charge is 0.227 e. The Morgan fingerprint density at radius 3 is 3.00 bits per heavy atom. The van der Waals surface area contributed by atoms with Crippen LogP contribution in [0.1, 0.15) is 5.82 Å². The zero-order valence-corrected chi connectivity index (χ0v) is 12.6. The lowest BCUT2D eigenvalue weighted by molar-refractivity contribution is 0.128. The van der Waals surface area contributed by atoms with Crippen molar-refractivity contribution in [2.24, 2.45) is 0 Å². The first-order valence-corrected chi connectivity index (χ1v) is 7.39. The molecule has 1 aliphatic heterocycles. The van der Waals surface area contributed by atoms with Gasteiger partial charge in [-0.2, -0.15) is 4.98 Å². The van der Waals surface area contributed by atoms with Gasteiger partial charge in [-0.1, -0.05) is 0 Å². The zero-order valence-electron chi connectivity index (χ0n) is 12.6. The van der Waals surface area contributed by atoms with Crippen molar-refractivity contribution in [2.45, 2.75) is 12.6 Å². The quantitative estimate of drug-likeness (QED) is 0.727. The van der Waals surface area contributed by atoms with E-state index in [1.807, 2.05) is 24.2 Å². The lowest BCUT2D eigenvalue weighted by Gasteiger charge is -2.21. The lowest BCUT2D eigenvalue weighted by atomic mass is 10.3. The first kappa shape index (κ1) is 14.7. The van der Waals surface area contributed by atoms with Gasteiger partial charge in [-0.05, 0) is 6.07 Å². The van der Waals surface area contributed by atoms with E-state index in [1.165, 1.54) is 0 Å². The third-order valence-corrected chi connectivity index (χ3v) is 3.70. The normalized spacial score (nSPS) is 19.9. The van der Waals surface area contributed by atoms with Crippen molar-refractivity contribution in [2.75, 3.05) is 43.4 Å². The van der Waals surface area contributed by atoms with Crippen molar-refractivity contribution in [3.05, 3.63) is 30.5 Å². The fourth-order valence-electron chi connectivity index (χ4n) is 2.62. The minimum Gasteiger partial charge on any atom is -0.390 e. The van der Waals surface area contributed by atoms with Crippen LogP contribution < -0.4 is 10.2 Å². The van der Waals surface area contributed by atoms with Crippen molar-refractivity contribution in [3.63, 3.8) is 0 Å². The highest BCUT2D eigenvalue weighted by molar-refractivity contribution is 5.41. The topological polar surface area (TPSA) is 93.2 Å². The van der Waals surface area contributed by atoms with Gasteiger partial charge in [-0.15, -0.1) is 0 Å². The molecule has 1 aliphatic rings. The number of imidazole rings is 1. The van der Waals surface area contributed by atoms with E-state index in [4.69, 9.17) is 0 Å². The van der Waals surface area contributed by atoms with Gasteiger partial charge in [0.25, 0.3) is 0 Å². The van der Waals surface area contributed by atoms with Crippen LogP contribution in [0.5, 0.6) is 0 Å². The summed E-state index contributed by atoms with van der Waals surface area (Å²) in [5.74, 6) is 2.33. The molecule has 2 aromatic rings. The fourth-order valence-corrected chi connectivity index (χ4v) is 2.62. The largest absolute Gasteiger partial charge is 0.390 e. The molecule has 0 saturated carbocycles. The van der Waals surface area contributed by atoms with E-state index in [9.17, 15) is 5.11 Å². The van der Waals surface area contributed by atoms with E-state index >= 15 is 0 Å². The van der Waals surface area contributed by atoms with E-state index in [1.54, 1.807) is 12.4 Å². The Labute approximate surface area is 129 Å². The SMILES string of the molecule is CNc1ccnc(N2CCN(Cc3ncc[nH]3)C[C@@H](O)C2)n1. The van der Waals surface area contributed by atoms with Crippen LogP contribution >= 0.6 is 0 Å². The third kappa shape index (κ3) is 3.52. The van der Waals surface area contributed by atoms with E-state index in [0.717, 1.165) is 24.7 Å². The first-order chi connectivity index (χ1) is 10.7.